The Morgan fingerprint density at radius 1 is 0.657 bits per heavy atom. The average Bonchev–Trinajstić information content (AvgIpc) is 2.91. The molecule has 0 saturated heterocycles. The molecule has 0 aromatic heterocycles. The fraction of sp³-hybridized carbons (Fsp3) is 0.188. The second-order valence-corrected chi connectivity index (χ2v) is 8.53. The Balaban J connectivity index is 1.69. The number of ether oxygens (including phenoxy) is 2. The summed E-state index contributed by atoms with van der Waals surface area (Å²) in [6, 6.07) is 35.7. The minimum absolute atomic E-state index is 0.499. The number of rotatable bonds is 10. The van der Waals surface area contributed by atoms with E-state index in [1.807, 2.05) is 30.3 Å². The molecule has 0 amide bonds. The van der Waals surface area contributed by atoms with Crippen LogP contribution in [0.2, 0.25) is 0 Å². The van der Waals surface area contributed by atoms with Crippen LogP contribution in [0.1, 0.15) is 41.2 Å². The smallest absolute Gasteiger partial charge is 0.119 e. The van der Waals surface area contributed by atoms with E-state index in [-0.39, 0.29) is 0 Å². The second kappa shape index (κ2) is 12.0. The molecular weight excluding hydrogens is 430 g/mol. The van der Waals surface area contributed by atoms with Crippen molar-refractivity contribution in [2.45, 2.75) is 26.9 Å². The van der Waals surface area contributed by atoms with Crippen molar-refractivity contribution >= 4 is 11.1 Å². The van der Waals surface area contributed by atoms with Gasteiger partial charge in [0.2, 0.25) is 0 Å². The van der Waals surface area contributed by atoms with Crippen molar-refractivity contribution in [1.29, 1.82) is 0 Å². The molecule has 4 aromatic rings. The van der Waals surface area contributed by atoms with Gasteiger partial charge in [-0.05, 0) is 71.0 Å². The number of allylic oxidation sites excluding steroid dienone is 1. The summed E-state index contributed by atoms with van der Waals surface area (Å²) in [5.74, 6) is 1.69. The maximum Gasteiger partial charge on any atom is 0.119 e. The highest BCUT2D eigenvalue weighted by Gasteiger charge is 2.14. The van der Waals surface area contributed by atoms with Gasteiger partial charge in [-0.3, -0.25) is 0 Å². The van der Waals surface area contributed by atoms with Gasteiger partial charge in [0.05, 0.1) is 0 Å². The summed E-state index contributed by atoms with van der Waals surface area (Å²) in [5, 5.41) is 0. The second-order valence-electron chi connectivity index (χ2n) is 8.53. The molecule has 0 aliphatic rings. The van der Waals surface area contributed by atoms with Gasteiger partial charge in [0.15, 0.2) is 0 Å². The van der Waals surface area contributed by atoms with E-state index in [2.05, 4.69) is 86.6 Å². The summed E-state index contributed by atoms with van der Waals surface area (Å²) in [6.45, 7) is 5.89. The lowest BCUT2D eigenvalue weighted by Crippen LogP contribution is -2.10. The number of hydrogen-bond acceptors (Lipinski definition) is 3. The van der Waals surface area contributed by atoms with Crippen LogP contribution in [0.15, 0.2) is 103 Å². The monoisotopic (exact) mass is 463 g/mol. The maximum absolute atomic E-state index is 6.03. The van der Waals surface area contributed by atoms with Gasteiger partial charge in [-0.1, -0.05) is 91.3 Å². The van der Waals surface area contributed by atoms with E-state index in [9.17, 15) is 0 Å². The van der Waals surface area contributed by atoms with Gasteiger partial charge in [-0.25, -0.2) is 0 Å². The topological polar surface area (TPSA) is 44.5 Å². The fourth-order valence-corrected chi connectivity index (χ4v) is 4.15. The van der Waals surface area contributed by atoms with Gasteiger partial charge >= 0.3 is 0 Å². The summed E-state index contributed by atoms with van der Waals surface area (Å²) in [7, 11) is 0. The Hall–Kier alpha value is -3.82. The minimum Gasteiger partial charge on any atom is -0.492 e. The maximum atomic E-state index is 6.03. The van der Waals surface area contributed by atoms with Crippen LogP contribution in [0.4, 0.5) is 0 Å². The molecule has 4 aromatic carbocycles. The Bertz CT molecular complexity index is 1230. The molecule has 0 aliphatic carbocycles. The molecule has 3 nitrogen and oxygen atoms in total. The van der Waals surface area contributed by atoms with E-state index in [0.717, 1.165) is 34.6 Å². The molecule has 0 radical (unpaired) electrons. The summed E-state index contributed by atoms with van der Waals surface area (Å²) < 4.78 is 11.7. The van der Waals surface area contributed by atoms with Crippen molar-refractivity contribution in [3.63, 3.8) is 0 Å². The summed E-state index contributed by atoms with van der Waals surface area (Å²) in [4.78, 5) is 0. The highest BCUT2D eigenvalue weighted by molar-refractivity contribution is 5.98. The van der Waals surface area contributed by atoms with E-state index < -0.39 is 0 Å². The highest BCUT2D eigenvalue weighted by Crippen LogP contribution is 2.36. The third-order valence-corrected chi connectivity index (χ3v) is 5.98. The van der Waals surface area contributed by atoms with Gasteiger partial charge in [0, 0.05) is 6.54 Å². The van der Waals surface area contributed by atoms with E-state index >= 15 is 0 Å². The lowest BCUT2D eigenvalue weighted by atomic mass is 9.88. The van der Waals surface area contributed by atoms with Gasteiger partial charge in [-0.2, -0.15) is 0 Å². The SMILES string of the molecule is CC/C(=C(/c1ccc(OCCN)cc1)c1ccc(OCc2ccccc2)cc1)c1ccc(C)cc1. The summed E-state index contributed by atoms with van der Waals surface area (Å²) in [5.41, 5.74) is 14.1. The van der Waals surface area contributed by atoms with Crippen molar-refractivity contribution in [3.8, 4) is 11.5 Å². The zero-order valence-electron chi connectivity index (χ0n) is 20.5. The first kappa shape index (κ1) is 24.3. The van der Waals surface area contributed by atoms with E-state index in [1.165, 1.54) is 22.3 Å². The Kier molecular flexibility index (Phi) is 8.37. The van der Waals surface area contributed by atoms with Crippen LogP contribution in [0.5, 0.6) is 11.5 Å². The first-order valence-electron chi connectivity index (χ1n) is 12.2. The predicted molar refractivity (Wildman–Crippen MR) is 146 cm³/mol. The molecule has 0 bridgehead atoms. The van der Waals surface area contributed by atoms with Crippen LogP contribution in [0, 0.1) is 6.92 Å². The number of benzene rings is 4. The fourth-order valence-electron chi connectivity index (χ4n) is 4.15. The van der Waals surface area contributed by atoms with Crippen LogP contribution in [-0.2, 0) is 6.61 Å². The molecule has 2 N–H and O–H groups in total. The standard InChI is InChI=1S/C32H33NO2/c1-3-31(26-11-9-24(2)10-12-26)32(27-13-17-29(18-14-27)34-22-21-33)28-15-19-30(20-16-28)35-23-25-7-5-4-6-8-25/h4-20H,3,21-23,33H2,1-2H3/b32-31+. The number of aryl methyl sites for hydroxylation is 1. The van der Waals surface area contributed by atoms with E-state index in [1.54, 1.807) is 0 Å². The average molecular weight is 464 g/mol. The van der Waals surface area contributed by atoms with Crippen molar-refractivity contribution in [3.05, 3.63) is 131 Å². The first-order valence-corrected chi connectivity index (χ1v) is 12.2. The largest absolute Gasteiger partial charge is 0.492 e. The lowest BCUT2D eigenvalue weighted by Gasteiger charge is -2.17. The zero-order chi connectivity index (χ0) is 24.5. The number of nitrogens with two attached hydrogens (primary N) is 1. The van der Waals surface area contributed by atoms with Crippen molar-refractivity contribution in [1.82, 2.24) is 0 Å². The Labute approximate surface area is 208 Å². The lowest BCUT2D eigenvalue weighted by molar-refractivity contribution is 0.306. The van der Waals surface area contributed by atoms with Crippen LogP contribution < -0.4 is 15.2 Å². The quantitative estimate of drug-likeness (QED) is 0.251. The third-order valence-electron chi connectivity index (χ3n) is 5.98. The Morgan fingerprint density at radius 2 is 1.20 bits per heavy atom. The molecule has 0 saturated carbocycles. The van der Waals surface area contributed by atoms with E-state index in [0.29, 0.717) is 19.8 Å². The van der Waals surface area contributed by atoms with Crippen LogP contribution in [0.3, 0.4) is 0 Å². The molecule has 0 unspecified atom stereocenters. The molecule has 0 atom stereocenters. The molecule has 0 spiro atoms. The Morgan fingerprint density at radius 3 is 1.74 bits per heavy atom. The number of hydrogen-bond donors (Lipinski definition) is 1. The molecule has 35 heavy (non-hydrogen) atoms. The normalized spacial score (nSPS) is 11.6. The van der Waals surface area contributed by atoms with Crippen LogP contribution >= 0.6 is 0 Å². The van der Waals surface area contributed by atoms with Crippen LogP contribution in [0.25, 0.3) is 11.1 Å². The first-order chi connectivity index (χ1) is 17.2. The molecule has 4 rings (SSSR count). The minimum atomic E-state index is 0.499. The molecule has 178 valence electrons. The molecule has 0 fully saturated rings. The molecule has 0 aliphatic heterocycles. The van der Waals surface area contributed by atoms with Crippen LogP contribution in [-0.4, -0.2) is 13.2 Å². The molecular formula is C32H33NO2. The van der Waals surface area contributed by atoms with Crippen molar-refractivity contribution in [2.75, 3.05) is 13.2 Å². The molecule has 0 heterocycles. The zero-order valence-corrected chi connectivity index (χ0v) is 20.5. The van der Waals surface area contributed by atoms with E-state index in [4.69, 9.17) is 15.2 Å². The predicted octanol–water partition coefficient (Wildman–Crippen LogP) is 7.28. The van der Waals surface area contributed by atoms with Gasteiger partial charge in [0.1, 0.15) is 24.7 Å². The summed E-state index contributed by atoms with van der Waals surface area (Å²) in [6.07, 6.45) is 0.913. The van der Waals surface area contributed by atoms with Crippen molar-refractivity contribution in [2.24, 2.45) is 5.73 Å². The van der Waals surface area contributed by atoms with Gasteiger partial charge < -0.3 is 15.2 Å². The molecule has 3 heteroatoms. The summed E-state index contributed by atoms with van der Waals surface area (Å²) >= 11 is 0. The highest BCUT2D eigenvalue weighted by atomic mass is 16.5. The third kappa shape index (κ3) is 6.40. The van der Waals surface area contributed by atoms with Gasteiger partial charge in [0.25, 0.3) is 0 Å². The van der Waals surface area contributed by atoms with Crippen molar-refractivity contribution < 1.29 is 9.47 Å². The van der Waals surface area contributed by atoms with Gasteiger partial charge in [-0.15, -0.1) is 0 Å².